The third-order valence-electron chi connectivity index (χ3n) is 5.80. The second-order valence-corrected chi connectivity index (χ2v) is 9.64. The molecular weight excluding hydrogens is 470 g/mol. The van der Waals surface area contributed by atoms with E-state index >= 15 is 0 Å². The Bertz CT molecular complexity index is 1480. The van der Waals surface area contributed by atoms with Gasteiger partial charge in [0, 0.05) is 12.1 Å². The van der Waals surface area contributed by atoms with E-state index in [0.717, 1.165) is 16.0 Å². The summed E-state index contributed by atoms with van der Waals surface area (Å²) in [6, 6.07) is 26.5. The number of benzene rings is 2. The molecule has 0 saturated carbocycles. The van der Waals surface area contributed by atoms with Crippen LogP contribution in [0.2, 0.25) is 0 Å². The summed E-state index contributed by atoms with van der Waals surface area (Å²) >= 11 is 1.54. The Balaban J connectivity index is 1.59. The summed E-state index contributed by atoms with van der Waals surface area (Å²) < 4.78 is 1.49. The highest BCUT2D eigenvalue weighted by atomic mass is 32.1. The minimum Gasteiger partial charge on any atom is -0.310 e. The van der Waals surface area contributed by atoms with Gasteiger partial charge in [0.15, 0.2) is 0 Å². The molecule has 8 heteroatoms. The molecule has 2 aromatic carbocycles. The molecule has 180 valence electrons. The number of aromatic nitrogens is 4. The number of nitrogens with one attached hydrogen (secondary N) is 2. The second-order valence-electron chi connectivity index (χ2n) is 8.70. The van der Waals surface area contributed by atoms with Crippen molar-refractivity contribution in [2.45, 2.75) is 25.7 Å². The maximum absolute atomic E-state index is 13.8. The Morgan fingerprint density at radius 1 is 0.944 bits per heavy atom. The first-order valence-electron chi connectivity index (χ1n) is 11.7. The lowest BCUT2D eigenvalue weighted by atomic mass is 9.90. The van der Waals surface area contributed by atoms with Crippen LogP contribution in [-0.4, -0.2) is 25.7 Å². The Morgan fingerprint density at radius 2 is 1.61 bits per heavy atom. The van der Waals surface area contributed by atoms with Gasteiger partial charge in [0.05, 0.1) is 16.5 Å². The van der Waals surface area contributed by atoms with Gasteiger partial charge in [-0.3, -0.25) is 14.6 Å². The van der Waals surface area contributed by atoms with Crippen LogP contribution in [0.1, 0.15) is 42.5 Å². The zero-order valence-corrected chi connectivity index (χ0v) is 20.7. The maximum Gasteiger partial charge on any atom is 0.252 e. The number of amides is 1. The van der Waals surface area contributed by atoms with Gasteiger partial charge >= 0.3 is 0 Å². The predicted molar refractivity (Wildman–Crippen MR) is 143 cm³/mol. The van der Waals surface area contributed by atoms with E-state index < -0.39 is 5.92 Å². The van der Waals surface area contributed by atoms with Crippen LogP contribution in [0.25, 0.3) is 16.5 Å². The lowest BCUT2D eigenvalue weighted by Crippen LogP contribution is -2.24. The summed E-state index contributed by atoms with van der Waals surface area (Å²) in [7, 11) is 0. The molecule has 0 aliphatic rings. The number of aromatic amines is 1. The highest BCUT2D eigenvalue weighted by Gasteiger charge is 2.25. The zero-order valence-electron chi connectivity index (χ0n) is 19.9. The standard InChI is InChI=1S/C28H25N5O2S/c1-18(2)21-17-25(34)31-28(29-21)33-24(16-22(32-33)23-14-9-15-36-23)30-27(35)26(19-10-5-3-6-11-19)20-12-7-4-8-13-20/h3-18,26H,1-2H3,(H,30,35)(H,29,31,34). The maximum atomic E-state index is 13.8. The summed E-state index contributed by atoms with van der Waals surface area (Å²) in [5.74, 6) is -0.0230. The predicted octanol–water partition coefficient (Wildman–Crippen LogP) is 5.58. The van der Waals surface area contributed by atoms with Crippen LogP contribution in [0.4, 0.5) is 5.82 Å². The fourth-order valence-electron chi connectivity index (χ4n) is 4.02. The number of nitrogens with zero attached hydrogens (tertiary/aromatic N) is 3. The van der Waals surface area contributed by atoms with E-state index in [1.807, 2.05) is 92.0 Å². The largest absolute Gasteiger partial charge is 0.310 e. The van der Waals surface area contributed by atoms with Crippen LogP contribution in [0.15, 0.2) is 95.1 Å². The van der Waals surface area contributed by atoms with Crippen molar-refractivity contribution in [3.63, 3.8) is 0 Å². The van der Waals surface area contributed by atoms with Crippen LogP contribution in [0, 0.1) is 0 Å². The van der Waals surface area contributed by atoms with Gasteiger partial charge in [-0.15, -0.1) is 11.3 Å². The van der Waals surface area contributed by atoms with E-state index in [0.29, 0.717) is 17.2 Å². The molecule has 7 nitrogen and oxygen atoms in total. The van der Waals surface area contributed by atoms with Crippen molar-refractivity contribution in [2.24, 2.45) is 0 Å². The van der Waals surface area contributed by atoms with E-state index in [2.05, 4.69) is 15.3 Å². The van der Waals surface area contributed by atoms with Crippen LogP contribution in [0.3, 0.4) is 0 Å². The van der Waals surface area contributed by atoms with Crippen molar-refractivity contribution >= 4 is 23.1 Å². The minimum atomic E-state index is -0.532. The fraction of sp³-hybridized carbons (Fsp3) is 0.143. The van der Waals surface area contributed by atoms with Crippen LogP contribution < -0.4 is 10.9 Å². The Kier molecular flexibility index (Phi) is 6.60. The molecule has 1 amide bonds. The summed E-state index contributed by atoms with van der Waals surface area (Å²) in [6.45, 7) is 3.94. The SMILES string of the molecule is CC(C)c1cc(=O)[nH]c(-n2nc(-c3cccs3)cc2NC(=O)C(c2ccccc2)c2ccccc2)n1. The van der Waals surface area contributed by atoms with Crippen molar-refractivity contribution in [3.05, 3.63) is 117 Å². The van der Waals surface area contributed by atoms with Crippen LogP contribution in [-0.2, 0) is 4.79 Å². The summed E-state index contributed by atoms with van der Waals surface area (Å²) in [6.07, 6.45) is 0. The molecule has 0 unspecified atom stereocenters. The molecule has 0 aliphatic carbocycles. The number of H-pyrrole nitrogens is 1. The molecule has 0 atom stereocenters. The topological polar surface area (TPSA) is 92.7 Å². The van der Waals surface area contributed by atoms with Gasteiger partial charge in [0.2, 0.25) is 11.9 Å². The molecule has 3 aromatic heterocycles. The molecule has 0 radical (unpaired) electrons. The molecular formula is C28H25N5O2S. The second kappa shape index (κ2) is 10.1. The van der Waals surface area contributed by atoms with Crippen molar-refractivity contribution in [1.82, 2.24) is 19.7 Å². The number of anilines is 1. The molecule has 2 N–H and O–H groups in total. The van der Waals surface area contributed by atoms with Crippen molar-refractivity contribution < 1.29 is 4.79 Å². The molecule has 36 heavy (non-hydrogen) atoms. The highest BCUT2D eigenvalue weighted by Crippen LogP contribution is 2.30. The van der Waals surface area contributed by atoms with Gasteiger partial charge in [-0.2, -0.15) is 9.78 Å². The van der Waals surface area contributed by atoms with E-state index in [4.69, 9.17) is 5.10 Å². The minimum absolute atomic E-state index is 0.0527. The van der Waals surface area contributed by atoms with Gasteiger partial charge in [-0.05, 0) is 28.5 Å². The molecule has 0 bridgehead atoms. The summed E-state index contributed by atoms with van der Waals surface area (Å²) in [5, 5.41) is 9.73. The number of hydrogen-bond acceptors (Lipinski definition) is 5. The summed E-state index contributed by atoms with van der Waals surface area (Å²) in [4.78, 5) is 34.5. The monoisotopic (exact) mass is 495 g/mol. The first kappa shape index (κ1) is 23.4. The molecule has 5 aromatic rings. The number of rotatable bonds is 7. The molecule has 0 spiro atoms. The quantitative estimate of drug-likeness (QED) is 0.308. The van der Waals surface area contributed by atoms with Gasteiger partial charge in [-0.25, -0.2) is 4.98 Å². The first-order valence-corrected chi connectivity index (χ1v) is 12.5. The number of carbonyl (C=O) groups excluding carboxylic acids is 1. The lowest BCUT2D eigenvalue weighted by Gasteiger charge is -2.18. The fourth-order valence-corrected chi connectivity index (χ4v) is 4.70. The van der Waals surface area contributed by atoms with Crippen LogP contribution in [0.5, 0.6) is 0 Å². The smallest absolute Gasteiger partial charge is 0.252 e. The van der Waals surface area contributed by atoms with Crippen LogP contribution >= 0.6 is 11.3 Å². The molecule has 5 rings (SSSR count). The molecule has 0 fully saturated rings. The Hall–Kier alpha value is -4.30. The van der Waals surface area contributed by atoms with Gasteiger partial charge in [0.25, 0.3) is 5.56 Å². The van der Waals surface area contributed by atoms with E-state index in [1.165, 1.54) is 10.7 Å². The van der Waals surface area contributed by atoms with Gasteiger partial charge < -0.3 is 5.32 Å². The van der Waals surface area contributed by atoms with E-state index in [-0.39, 0.29) is 23.3 Å². The van der Waals surface area contributed by atoms with Crippen molar-refractivity contribution in [3.8, 4) is 16.5 Å². The van der Waals surface area contributed by atoms with Gasteiger partial charge in [-0.1, -0.05) is 80.6 Å². The Morgan fingerprint density at radius 3 is 2.19 bits per heavy atom. The van der Waals surface area contributed by atoms with Crippen molar-refractivity contribution in [2.75, 3.05) is 5.32 Å². The van der Waals surface area contributed by atoms with E-state index in [1.54, 1.807) is 17.4 Å². The Labute approximate surface area is 212 Å². The molecule has 3 heterocycles. The first-order chi connectivity index (χ1) is 17.5. The highest BCUT2D eigenvalue weighted by molar-refractivity contribution is 7.13. The normalized spacial score (nSPS) is 11.2. The number of thiophene rings is 1. The number of carbonyl (C=O) groups is 1. The number of hydrogen-bond donors (Lipinski definition) is 2. The molecule has 0 saturated heterocycles. The van der Waals surface area contributed by atoms with E-state index in [9.17, 15) is 9.59 Å². The van der Waals surface area contributed by atoms with Crippen molar-refractivity contribution in [1.29, 1.82) is 0 Å². The third-order valence-corrected chi connectivity index (χ3v) is 6.70. The summed E-state index contributed by atoms with van der Waals surface area (Å²) in [5.41, 5.74) is 2.79. The third kappa shape index (κ3) is 4.89. The average molecular weight is 496 g/mol. The molecule has 0 aliphatic heterocycles. The lowest BCUT2D eigenvalue weighted by molar-refractivity contribution is -0.116. The zero-order chi connectivity index (χ0) is 25.1. The average Bonchev–Trinajstić information content (AvgIpc) is 3.55. The van der Waals surface area contributed by atoms with Gasteiger partial charge in [0.1, 0.15) is 11.5 Å².